The van der Waals surface area contributed by atoms with Crippen LogP contribution >= 0.6 is 45.8 Å². The van der Waals surface area contributed by atoms with Crippen molar-refractivity contribution >= 4 is 56.7 Å². The van der Waals surface area contributed by atoms with Crippen LogP contribution in [0.15, 0.2) is 16.9 Å². The van der Waals surface area contributed by atoms with Gasteiger partial charge in [0.05, 0.1) is 10.9 Å². The zero-order chi connectivity index (χ0) is 12.6. The van der Waals surface area contributed by atoms with Crippen LogP contribution in [0.3, 0.4) is 0 Å². The largest absolute Gasteiger partial charge is 0.283 e. The predicted octanol–water partition coefficient (Wildman–Crippen LogP) is 3.72. The third-order valence-corrected chi connectivity index (χ3v) is 3.71. The van der Waals surface area contributed by atoms with Gasteiger partial charge in [-0.1, -0.05) is 18.5 Å². The highest BCUT2D eigenvalue weighted by atomic mass is 127. The molecule has 0 fully saturated rings. The maximum absolute atomic E-state index is 12.2. The fraction of sp³-hybridized carbons (Fsp3) is 0.273. The number of fused-ring (bicyclic) bond motifs is 1. The zero-order valence-electron chi connectivity index (χ0n) is 9.01. The second kappa shape index (κ2) is 5.12. The molecule has 0 saturated heterocycles. The van der Waals surface area contributed by atoms with Crippen LogP contribution in [-0.2, 0) is 6.54 Å². The van der Waals surface area contributed by atoms with Crippen LogP contribution in [0.25, 0.3) is 10.9 Å². The van der Waals surface area contributed by atoms with Gasteiger partial charge in [-0.05, 0) is 52.7 Å². The summed E-state index contributed by atoms with van der Waals surface area (Å²) in [6, 6.07) is 3.40. The molecule has 2 rings (SSSR count). The quantitative estimate of drug-likeness (QED) is 0.586. The SMILES string of the molecule is CCCn1c(Cl)nc2c(I)cc(Cl)cc2c1=O. The number of aromatic nitrogens is 2. The number of rotatable bonds is 2. The molecule has 0 aliphatic heterocycles. The van der Waals surface area contributed by atoms with Gasteiger partial charge in [0.2, 0.25) is 5.28 Å². The van der Waals surface area contributed by atoms with Crippen LogP contribution in [0.2, 0.25) is 10.3 Å². The van der Waals surface area contributed by atoms with E-state index in [2.05, 4.69) is 27.6 Å². The lowest BCUT2D eigenvalue weighted by atomic mass is 10.2. The molecular formula is C11H9Cl2IN2O. The molecule has 0 aliphatic rings. The lowest BCUT2D eigenvalue weighted by molar-refractivity contribution is 0.649. The first-order valence-corrected chi connectivity index (χ1v) is 6.93. The normalized spacial score (nSPS) is 11.1. The van der Waals surface area contributed by atoms with Gasteiger partial charge in [0.15, 0.2) is 0 Å². The minimum atomic E-state index is -0.137. The van der Waals surface area contributed by atoms with Gasteiger partial charge in [0.1, 0.15) is 0 Å². The summed E-state index contributed by atoms with van der Waals surface area (Å²) in [6.07, 6.45) is 0.824. The molecular weight excluding hydrogens is 374 g/mol. The van der Waals surface area contributed by atoms with Gasteiger partial charge in [-0.2, -0.15) is 0 Å². The fourth-order valence-electron chi connectivity index (χ4n) is 1.64. The highest BCUT2D eigenvalue weighted by Crippen LogP contribution is 2.23. The Labute approximate surface area is 122 Å². The van der Waals surface area contributed by atoms with Crippen LogP contribution in [0, 0.1) is 3.57 Å². The average Bonchev–Trinajstić information content (AvgIpc) is 2.26. The van der Waals surface area contributed by atoms with Crippen LogP contribution in [0.1, 0.15) is 13.3 Å². The van der Waals surface area contributed by atoms with Gasteiger partial charge in [-0.3, -0.25) is 9.36 Å². The maximum atomic E-state index is 12.2. The van der Waals surface area contributed by atoms with Crippen molar-refractivity contribution in [2.24, 2.45) is 0 Å². The Morgan fingerprint density at radius 3 is 2.76 bits per heavy atom. The average molecular weight is 383 g/mol. The first-order chi connectivity index (χ1) is 8.04. The highest BCUT2D eigenvalue weighted by molar-refractivity contribution is 14.1. The molecule has 90 valence electrons. The molecule has 17 heavy (non-hydrogen) atoms. The molecule has 2 aromatic rings. The summed E-state index contributed by atoms with van der Waals surface area (Å²) in [5.41, 5.74) is 0.472. The molecule has 0 unspecified atom stereocenters. The summed E-state index contributed by atoms with van der Waals surface area (Å²) < 4.78 is 2.30. The second-order valence-electron chi connectivity index (χ2n) is 3.62. The van der Waals surface area contributed by atoms with Crippen LogP contribution < -0.4 is 5.56 Å². The van der Waals surface area contributed by atoms with Crippen molar-refractivity contribution in [1.82, 2.24) is 9.55 Å². The first-order valence-electron chi connectivity index (χ1n) is 5.09. The molecule has 3 nitrogen and oxygen atoms in total. The molecule has 0 aliphatic carbocycles. The summed E-state index contributed by atoms with van der Waals surface area (Å²) in [6.45, 7) is 2.54. The molecule has 1 heterocycles. The first kappa shape index (κ1) is 13.1. The molecule has 0 amide bonds. The van der Waals surface area contributed by atoms with E-state index in [-0.39, 0.29) is 10.8 Å². The summed E-state index contributed by atoms with van der Waals surface area (Å²) in [5.74, 6) is 0. The topological polar surface area (TPSA) is 34.9 Å². The van der Waals surface area contributed by atoms with Gasteiger partial charge in [0, 0.05) is 15.1 Å². The number of benzene rings is 1. The van der Waals surface area contributed by atoms with Crippen molar-refractivity contribution in [3.8, 4) is 0 Å². The van der Waals surface area contributed by atoms with Crippen molar-refractivity contribution in [3.05, 3.63) is 36.4 Å². The van der Waals surface area contributed by atoms with E-state index < -0.39 is 0 Å². The monoisotopic (exact) mass is 382 g/mol. The third kappa shape index (κ3) is 2.44. The second-order valence-corrected chi connectivity index (χ2v) is 5.56. The van der Waals surface area contributed by atoms with E-state index in [0.717, 1.165) is 9.99 Å². The van der Waals surface area contributed by atoms with E-state index >= 15 is 0 Å². The number of halogens is 3. The molecule has 1 aromatic carbocycles. The smallest absolute Gasteiger partial charge is 0.262 e. The molecule has 0 saturated carbocycles. The highest BCUT2D eigenvalue weighted by Gasteiger charge is 2.11. The Morgan fingerprint density at radius 2 is 2.12 bits per heavy atom. The summed E-state index contributed by atoms with van der Waals surface area (Å²) >= 11 is 14.1. The summed E-state index contributed by atoms with van der Waals surface area (Å²) in [5, 5.41) is 1.27. The van der Waals surface area contributed by atoms with Gasteiger partial charge in [0.25, 0.3) is 5.56 Å². The Bertz CT molecular complexity index is 639. The van der Waals surface area contributed by atoms with Crippen LogP contribution in [-0.4, -0.2) is 9.55 Å². The minimum absolute atomic E-state index is 0.137. The maximum Gasteiger partial charge on any atom is 0.262 e. The van der Waals surface area contributed by atoms with E-state index in [4.69, 9.17) is 23.2 Å². The molecule has 0 bridgehead atoms. The van der Waals surface area contributed by atoms with Crippen molar-refractivity contribution in [3.63, 3.8) is 0 Å². The third-order valence-electron chi connectivity index (χ3n) is 2.38. The molecule has 0 N–H and O–H groups in total. The Balaban J connectivity index is 2.87. The van der Waals surface area contributed by atoms with E-state index in [1.165, 1.54) is 4.57 Å². The van der Waals surface area contributed by atoms with E-state index in [1.54, 1.807) is 12.1 Å². The minimum Gasteiger partial charge on any atom is -0.283 e. The zero-order valence-corrected chi connectivity index (χ0v) is 12.7. The van der Waals surface area contributed by atoms with E-state index in [9.17, 15) is 4.79 Å². The van der Waals surface area contributed by atoms with Crippen molar-refractivity contribution in [2.75, 3.05) is 0 Å². The van der Waals surface area contributed by atoms with Crippen molar-refractivity contribution in [1.29, 1.82) is 0 Å². The molecule has 0 radical (unpaired) electrons. The fourth-order valence-corrected chi connectivity index (χ4v) is 3.04. The lowest BCUT2D eigenvalue weighted by Crippen LogP contribution is -2.22. The van der Waals surface area contributed by atoms with E-state index in [1.807, 2.05) is 6.92 Å². The lowest BCUT2D eigenvalue weighted by Gasteiger charge is -2.09. The van der Waals surface area contributed by atoms with Crippen LogP contribution in [0.4, 0.5) is 0 Å². The molecule has 1 aromatic heterocycles. The predicted molar refractivity (Wildman–Crippen MR) is 79.0 cm³/mol. The van der Waals surface area contributed by atoms with Gasteiger partial charge in [-0.15, -0.1) is 0 Å². The molecule has 6 heteroatoms. The van der Waals surface area contributed by atoms with Gasteiger partial charge in [-0.25, -0.2) is 4.98 Å². The Kier molecular flexibility index (Phi) is 3.95. The number of hydrogen-bond donors (Lipinski definition) is 0. The van der Waals surface area contributed by atoms with Crippen molar-refractivity contribution < 1.29 is 0 Å². The van der Waals surface area contributed by atoms with Crippen LogP contribution in [0.5, 0.6) is 0 Å². The van der Waals surface area contributed by atoms with Gasteiger partial charge < -0.3 is 0 Å². The standard InChI is InChI=1S/C11H9Cl2IN2O/c1-2-3-16-10(17)7-4-6(12)5-8(14)9(7)15-11(16)13/h4-5H,2-3H2,1H3. The summed E-state index contributed by atoms with van der Waals surface area (Å²) in [4.78, 5) is 16.5. The van der Waals surface area contributed by atoms with E-state index in [0.29, 0.717) is 22.5 Å². The van der Waals surface area contributed by atoms with Gasteiger partial charge >= 0.3 is 0 Å². The number of nitrogens with zero attached hydrogens (tertiary/aromatic N) is 2. The Hall–Kier alpha value is -0.330. The Morgan fingerprint density at radius 1 is 1.41 bits per heavy atom. The van der Waals surface area contributed by atoms with Crippen molar-refractivity contribution in [2.45, 2.75) is 19.9 Å². The number of hydrogen-bond acceptors (Lipinski definition) is 2. The summed E-state index contributed by atoms with van der Waals surface area (Å²) in [7, 11) is 0. The molecule has 0 spiro atoms. The molecule has 0 atom stereocenters.